The van der Waals surface area contributed by atoms with E-state index in [1.807, 2.05) is 0 Å². The Kier molecular flexibility index (Phi) is 6.97. The summed E-state index contributed by atoms with van der Waals surface area (Å²) in [5, 5.41) is 0. The van der Waals surface area contributed by atoms with Crippen LogP contribution in [0, 0.1) is 5.92 Å². The summed E-state index contributed by atoms with van der Waals surface area (Å²) in [5.74, 6) is 0.204. The molecule has 0 aromatic carbocycles. The smallest absolute Gasteiger partial charge is 0.323 e. The first kappa shape index (κ1) is 22.0. The molecule has 4 rings (SSSR count). The fourth-order valence-corrected chi connectivity index (χ4v) is 5.92. The van der Waals surface area contributed by atoms with E-state index in [0.717, 1.165) is 77.9 Å². The lowest BCUT2D eigenvalue weighted by Gasteiger charge is -2.53. The van der Waals surface area contributed by atoms with Gasteiger partial charge in [-0.05, 0) is 65.3 Å². The Morgan fingerprint density at radius 2 is 1.40 bits per heavy atom. The summed E-state index contributed by atoms with van der Waals surface area (Å²) in [6.07, 6.45) is 5.37. The molecule has 0 N–H and O–H groups in total. The zero-order valence-corrected chi connectivity index (χ0v) is 18.8. The molecule has 0 spiro atoms. The minimum atomic E-state index is -0.0898. The van der Waals surface area contributed by atoms with E-state index in [9.17, 15) is 9.59 Å². The van der Waals surface area contributed by atoms with Crippen molar-refractivity contribution in [1.82, 2.24) is 19.6 Å². The molecule has 4 heterocycles. The number of methoxy groups -OCH3 is 2. The third-order valence-corrected chi connectivity index (χ3v) is 7.90. The van der Waals surface area contributed by atoms with E-state index in [1.165, 1.54) is 14.2 Å². The van der Waals surface area contributed by atoms with Gasteiger partial charge in [0.05, 0.1) is 14.2 Å². The van der Waals surface area contributed by atoms with Crippen LogP contribution in [0.25, 0.3) is 0 Å². The van der Waals surface area contributed by atoms with E-state index in [4.69, 9.17) is 9.47 Å². The summed E-state index contributed by atoms with van der Waals surface area (Å²) in [6.45, 7) is 7.26. The van der Waals surface area contributed by atoms with Gasteiger partial charge < -0.3 is 19.3 Å². The highest BCUT2D eigenvalue weighted by molar-refractivity contribution is 5.77. The SMILES string of the molecule is COC(=O)[C@@H]1CCN1C1CCN(CC2CN(C3CCN(C)CC3)[C@H]2C(=O)OC)CC1. The van der Waals surface area contributed by atoms with Crippen LogP contribution < -0.4 is 0 Å². The molecular formula is C22H38N4O4. The molecule has 30 heavy (non-hydrogen) atoms. The number of hydrogen-bond acceptors (Lipinski definition) is 8. The molecular weight excluding hydrogens is 384 g/mol. The number of hydrogen-bond donors (Lipinski definition) is 0. The maximum atomic E-state index is 12.5. The molecule has 0 bridgehead atoms. The van der Waals surface area contributed by atoms with Gasteiger partial charge in [0.25, 0.3) is 0 Å². The Morgan fingerprint density at radius 1 is 0.800 bits per heavy atom. The Morgan fingerprint density at radius 3 is 1.97 bits per heavy atom. The fraction of sp³-hybridized carbons (Fsp3) is 0.909. The number of carbonyl (C=O) groups excluding carboxylic acids is 2. The minimum Gasteiger partial charge on any atom is -0.468 e. The van der Waals surface area contributed by atoms with Gasteiger partial charge in [-0.1, -0.05) is 0 Å². The summed E-state index contributed by atoms with van der Waals surface area (Å²) in [5.41, 5.74) is 0. The second-order valence-electron chi connectivity index (χ2n) is 9.56. The average Bonchev–Trinajstić information content (AvgIpc) is 2.71. The Hall–Kier alpha value is -1.22. The zero-order chi connectivity index (χ0) is 21.3. The largest absolute Gasteiger partial charge is 0.468 e. The van der Waals surface area contributed by atoms with Crippen LogP contribution >= 0.6 is 0 Å². The lowest BCUT2D eigenvalue weighted by Crippen LogP contribution is -2.67. The van der Waals surface area contributed by atoms with E-state index in [1.54, 1.807) is 0 Å². The first-order valence-corrected chi connectivity index (χ1v) is 11.6. The minimum absolute atomic E-state index is 0.0371. The Balaban J connectivity index is 1.26. The second kappa shape index (κ2) is 9.51. The summed E-state index contributed by atoms with van der Waals surface area (Å²) in [6, 6.07) is 0.867. The number of esters is 2. The predicted octanol–water partition coefficient (Wildman–Crippen LogP) is 0.266. The molecule has 0 saturated carbocycles. The summed E-state index contributed by atoms with van der Waals surface area (Å²) in [4.78, 5) is 34.0. The van der Waals surface area contributed by atoms with Gasteiger partial charge in [-0.25, -0.2) is 0 Å². The van der Waals surface area contributed by atoms with Crippen molar-refractivity contribution in [1.29, 1.82) is 0 Å². The van der Waals surface area contributed by atoms with Crippen molar-refractivity contribution >= 4 is 11.9 Å². The molecule has 0 aromatic rings. The summed E-state index contributed by atoms with van der Waals surface area (Å²) in [7, 11) is 5.16. The summed E-state index contributed by atoms with van der Waals surface area (Å²) >= 11 is 0. The topological polar surface area (TPSA) is 65.6 Å². The van der Waals surface area contributed by atoms with Crippen molar-refractivity contribution in [2.45, 2.75) is 56.3 Å². The second-order valence-corrected chi connectivity index (χ2v) is 9.56. The van der Waals surface area contributed by atoms with Gasteiger partial charge in [0.1, 0.15) is 12.1 Å². The number of nitrogens with zero attached hydrogens (tertiary/aromatic N) is 4. The Bertz CT molecular complexity index is 616. The Labute approximate surface area is 180 Å². The number of piperidine rings is 2. The van der Waals surface area contributed by atoms with Gasteiger partial charge >= 0.3 is 11.9 Å². The van der Waals surface area contributed by atoms with Crippen molar-refractivity contribution in [3.63, 3.8) is 0 Å². The predicted molar refractivity (Wildman–Crippen MR) is 113 cm³/mol. The number of rotatable bonds is 6. The third kappa shape index (κ3) is 4.38. The van der Waals surface area contributed by atoms with Gasteiger partial charge in [-0.2, -0.15) is 0 Å². The molecule has 0 aliphatic carbocycles. The van der Waals surface area contributed by atoms with Crippen LogP contribution in [0.4, 0.5) is 0 Å². The van der Waals surface area contributed by atoms with E-state index in [2.05, 4.69) is 26.6 Å². The lowest BCUT2D eigenvalue weighted by atomic mass is 9.83. The van der Waals surface area contributed by atoms with E-state index in [0.29, 0.717) is 18.0 Å². The van der Waals surface area contributed by atoms with Crippen molar-refractivity contribution in [3.8, 4) is 0 Å². The van der Waals surface area contributed by atoms with Gasteiger partial charge in [0.2, 0.25) is 0 Å². The standard InChI is InChI=1S/C22H38N4O4/c1-23-9-4-18(5-10-23)26-15-16(20(26)22(28)30-3)14-24-11-6-17(7-12-24)25-13-8-19(25)21(27)29-2/h16-20H,4-15H2,1-3H3/t16?,19-,20+/m0/s1. The van der Waals surface area contributed by atoms with Gasteiger partial charge in [-0.15, -0.1) is 0 Å². The highest BCUT2D eigenvalue weighted by atomic mass is 16.5. The zero-order valence-electron chi connectivity index (χ0n) is 18.8. The van der Waals surface area contributed by atoms with Crippen molar-refractivity contribution < 1.29 is 19.1 Å². The van der Waals surface area contributed by atoms with Gasteiger partial charge in [-0.3, -0.25) is 19.4 Å². The maximum absolute atomic E-state index is 12.5. The first-order valence-electron chi connectivity index (χ1n) is 11.6. The molecule has 4 saturated heterocycles. The van der Waals surface area contributed by atoms with Crippen molar-refractivity contribution in [2.24, 2.45) is 5.92 Å². The first-order chi connectivity index (χ1) is 14.5. The monoisotopic (exact) mass is 422 g/mol. The van der Waals surface area contributed by atoms with Crippen LogP contribution in [-0.4, -0.2) is 123 Å². The number of carbonyl (C=O) groups is 2. The van der Waals surface area contributed by atoms with Crippen LogP contribution in [0.3, 0.4) is 0 Å². The number of likely N-dealkylation sites (tertiary alicyclic amines) is 4. The van der Waals surface area contributed by atoms with Crippen LogP contribution in [0.15, 0.2) is 0 Å². The van der Waals surface area contributed by atoms with E-state index in [-0.39, 0.29) is 24.0 Å². The van der Waals surface area contributed by atoms with Crippen molar-refractivity contribution in [3.05, 3.63) is 0 Å². The van der Waals surface area contributed by atoms with Crippen LogP contribution in [0.2, 0.25) is 0 Å². The van der Waals surface area contributed by atoms with E-state index < -0.39 is 0 Å². The van der Waals surface area contributed by atoms with E-state index >= 15 is 0 Å². The third-order valence-electron chi connectivity index (χ3n) is 7.90. The van der Waals surface area contributed by atoms with Gasteiger partial charge in [0, 0.05) is 37.6 Å². The quantitative estimate of drug-likeness (QED) is 0.565. The van der Waals surface area contributed by atoms with Crippen LogP contribution in [-0.2, 0) is 19.1 Å². The molecule has 0 radical (unpaired) electrons. The van der Waals surface area contributed by atoms with Crippen LogP contribution in [0.5, 0.6) is 0 Å². The fourth-order valence-electron chi connectivity index (χ4n) is 5.92. The lowest BCUT2D eigenvalue weighted by molar-refractivity contribution is -0.163. The highest BCUT2D eigenvalue weighted by Crippen LogP contribution is 2.34. The van der Waals surface area contributed by atoms with Crippen molar-refractivity contribution in [2.75, 3.05) is 67.1 Å². The average molecular weight is 423 g/mol. The maximum Gasteiger partial charge on any atom is 0.323 e. The molecule has 4 fully saturated rings. The van der Waals surface area contributed by atoms with Gasteiger partial charge in [0.15, 0.2) is 0 Å². The van der Waals surface area contributed by atoms with Crippen LogP contribution in [0.1, 0.15) is 32.1 Å². The molecule has 170 valence electrons. The highest BCUT2D eigenvalue weighted by Gasteiger charge is 2.49. The normalized spacial score (nSPS) is 33.0. The molecule has 4 aliphatic rings. The molecule has 3 atom stereocenters. The molecule has 8 nitrogen and oxygen atoms in total. The molecule has 0 aromatic heterocycles. The summed E-state index contributed by atoms with van der Waals surface area (Å²) < 4.78 is 10.1. The molecule has 1 unspecified atom stereocenters. The molecule has 8 heteroatoms. The molecule has 0 amide bonds. The number of ether oxygens (including phenoxy) is 2. The molecule has 4 aliphatic heterocycles.